The molecule has 1 N–H and O–H groups in total. The fourth-order valence-electron chi connectivity index (χ4n) is 2.02. The molecule has 0 aliphatic heterocycles. The highest BCUT2D eigenvalue weighted by Gasteiger charge is 2.12. The van der Waals surface area contributed by atoms with E-state index in [-0.39, 0.29) is 0 Å². The Labute approximate surface area is 112 Å². The fourth-order valence-corrected chi connectivity index (χ4v) is 2.02. The molecule has 18 heavy (non-hydrogen) atoms. The zero-order valence-corrected chi connectivity index (χ0v) is 12.2. The average molecular weight is 249 g/mol. The summed E-state index contributed by atoms with van der Waals surface area (Å²) in [4.78, 5) is 6.83. The quantitative estimate of drug-likeness (QED) is 0.764. The molecule has 0 saturated heterocycles. The van der Waals surface area contributed by atoms with Crippen LogP contribution in [0.25, 0.3) is 0 Å². The second kappa shape index (κ2) is 8.09. The van der Waals surface area contributed by atoms with Gasteiger partial charge in [0.1, 0.15) is 5.82 Å². The highest BCUT2D eigenvalue weighted by atomic mass is 15.1. The van der Waals surface area contributed by atoms with Crippen molar-refractivity contribution in [1.82, 2.24) is 9.88 Å². The number of nitrogens with zero attached hydrogens (tertiary/aromatic N) is 2. The molecule has 0 saturated carbocycles. The van der Waals surface area contributed by atoms with Crippen LogP contribution in [0, 0.1) is 0 Å². The molecule has 0 amide bonds. The summed E-state index contributed by atoms with van der Waals surface area (Å²) in [5.74, 6) is 0.951. The van der Waals surface area contributed by atoms with Crippen molar-refractivity contribution in [3.8, 4) is 0 Å². The Morgan fingerprint density at radius 2 is 2.17 bits per heavy atom. The Hall–Kier alpha value is -1.09. The van der Waals surface area contributed by atoms with Gasteiger partial charge in [-0.05, 0) is 44.0 Å². The van der Waals surface area contributed by atoms with Gasteiger partial charge in [0.05, 0.1) is 0 Å². The van der Waals surface area contributed by atoms with Crippen molar-refractivity contribution >= 4 is 5.82 Å². The summed E-state index contributed by atoms with van der Waals surface area (Å²) in [6.45, 7) is 9.03. The van der Waals surface area contributed by atoms with Crippen LogP contribution >= 0.6 is 0 Å². The number of anilines is 1. The van der Waals surface area contributed by atoms with E-state index in [1.165, 1.54) is 31.4 Å². The van der Waals surface area contributed by atoms with Gasteiger partial charge in [0, 0.05) is 25.8 Å². The van der Waals surface area contributed by atoms with Crippen LogP contribution < -0.4 is 5.32 Å². The van der Waals surface area contributed by atoms with Gasteiger partial charge in [0.25, 0.3) is 0 Å². The molecule has 0 aliphatic carbocycles. The van der Waals surface area contributed by atoms with Gasteiger partial charge in [-0.15, -0.1) is 0 Å². The number of pyridine rings is 1. The molecule has 0 fully saturated rings. The van der Waals surface area contributed by atoms with Gasteiger partial charge in [-0.3, -0.25) is 4.90 Å². The van der Waals surface area contributed by atoms with E-state index in [0.717, 1.165) is 12.4 Å². The Kier molecular flexibility index (Phi) is 6.73. The van der Waals surface area contributed by atoms with E-state index in [1.54, 1.807) is 0 Å². The monoisotopic (exact) mass is 249 g/mol. The number of nitrogens with one attached hydrogen (secondary N) is 1. The number of unbranched alkanes of at least 4 members (excludes halogenated alkanes) is 1. The lowest BCUT2D eigenvalue weighted by molar-refractivity contribution is 0.192. The first kappa shape index (κ1) is 15.0. The Balaban J connectivity index is 2.68. The second-order valence-corrected chi connectivity index (χ2v) is 4.88. The Bertz CT molecular complexity index is 338. The largest absolute Gasteiger partial charge is 0.373 e. The molecule has 102 valence electrons. The second-order valence-electron chi connectivity index (χ2n) is 4.88. The molecular formula is C15H27N3. The minimum absolute atomic E-state index is 0.641. The third-order valence-electron chi connectivity index (χ3n) is 3.48. The van der Waals surface area contributed by atoms with Gasteiger partial charge in [-0.2, -0.15) is 0 Å². The summed E-state index contributed by atoms with van der Waals surface area (Å²) in [6.07, 6.45) is 5.61. The van der Waals surface area contributed by atoms with Crippen LogP contribution in [-0.2, 0) is 6.54 Å². The van der Waals surface area contributed by atoms with Gasteiger partial charge >= 0.3 is 0 Å². The lowest BCUT2D eigenvalue weighted by atomic mass is 10.1. The summed E-state index contributed by atoms with van der Waals surface area (Å²) < 4.78 is 0. The van der Waals surface area contributed by atoms with E-state index in [9.17, 15) is 0 Å². The number of hydrogen-bond donors (Lipinski definition) is 1. The van der Waals surface area contributed by atoms with E-state index in [4.69, 9.17) is 0 Å². The first-order valence-corrected chi connectivity index (χ1v) is 7.08. The molecule has 1 atom stereocenters. The standard InChI is InChI=1S/C15H27N3/c1-5-7-10-18(13(3)6-2)12-14-8-9-17-15(11-14)16-4/h8-9,11,13H,5-7,10,12H2,1-4H3,(H,16,17). The van der Waals surface area contributed by atoms with Gasteiger partial charge in [0.15, 0.2) is 0 Å². The molecule has 1 rings (SSSR count). The van der Waals surface area contributed by atoms with Crippen molar-refractivity contribution in [3.63, 3.8) is 0 Å². The van der Waals surface area contributed by atoms with E-state index in [1.807, 2.05) is 13.2 Å². The van der Waals surface area contributed by atoms with E-state index in [0.29, 0.717) is 6.04 Å². The maximum absolute atomic E-state index is 4.26. The first-order chi connectivity index (χ1) is 8.71. The molecule has 1 unspecified atom stereocenters. The maximum atomic E-state index is 4.26. The van der Waals surface area contributed by atoms with Crippen LogP contribution in [0.5, 0.6) is 0 Å². The summed E-state index contributed by atoms with van der Waals surface area (Å²) in [6, 6.07) is 4.89. The maximum Gasteiger partial charge on any atom is 0.125 e. The molecule has 1 aromatic heterocycles. The summed E-state index contributed by atoms with van der Waals surface area (Å²) >= 11 is 0. The third kappa shape index (κ3) is 4.65. The third-order valence-corrected chi connectivity index (χ3v) is 3.48. The lowest BCUT2D eigenvalue weighted by Crippen LogP contribution is -2.33. The van der Waals surface area contributed by atoms with Gasteiger partial charge in [-0.25, -0.2) is 4.98 Å². The molecular weight excluding hydrogens is 222 g/mol. The topological polar surface area (TPSA) is 28.2 Å². The van der Waals surface area contributed by atoms with Crippen molar-refractivity contribution in [3.05, 3.63) is 23.9 Å². The fraction of sp³-hybridized carbons (Fsp3) is 0.667. The summed E-state index contributed by atoms with van der Waals surface area (Å²) in [7, 11) is 1.91. The lowest BCUT2D eigenvalue weighted by Gasteiger charge is -2.28. The van der Waals surface area contributed by atoms with Crippen molar-refractivity contribution in [2.45, 2.75) is 52.6 Å². The molecule has 0 bridgehead atoms. The van der Waals surface area contributed by atoms with Crippen LogP contribution in [0.4, 0.5) is 5.82 Å². The van der Waals surface area contributed by atoms with Crippen LogP contribution in [0.15, 0.2) is 18.3 Å². The minimum Gasteiger partial charge on any atom is -0.373 e. The highest BCUT2D eigenvalue weighted by molar-refractivity contribution is 5.36. The Morgan fingerprint density at radius 1 is 1.39 bits per heavy atom. The molecule has 0 aromatic carbocycles. The van der Waals surface area contributed by atoms with Crippen molar-refractivity contribution in [2.24, 2.45) is 0 Å². The first-order valence-electron chi connectivity index (χ1n) is 7.08. The number of rotatable bonds is 8. The summed E-state index contributed by atoms with van der Waals surface area (Å²) in [5, 5.41) is 3.10. The van der Waals surface area contributed by atoms with Gasteiger partial charge in [-0.1, -0.05) is 20.3 Å². The normalized spacial score (nSPS) is 12.7. The minimum atomic E-state index is 0.641. The van der Waals surface area contributed by atoms with E-state index in [2.05, 4.69) is 48.1 Å². The molecule has 0 spiro atoms. The number of hydrogen-bond acceptors (Lipinski definition) is 3. The SMILES string of the molecule is CCCCN(Cc1ccnc(NC)c1)C(C)CC. The van der Waals surface area contributed by atoms with Gasteiger partial charge in [0.2, 0.25) is 0 Å². The van der Waals surface area contributed by atoms with Crippen LogP contribution in [0.2, 0.25) is 0 Å². The predicted molar refractivity (Wildman–Crippen MR) is 78.9 cm³/mol. The smallest absolute Gasteiger partial charge is 0.125 e. The molecule has 0 aliphatic rings. The van der Waals surface area contributed by atoms with Crippen LogP contribution in [-0.4, -0.2) is 29.5 Å². The molecule has 1 heterocycles. The molecule has 3 nitrogen and oxygen atoms in total. The zero-order valence-electron chi connectivity index (χ0n) is 12.2. The average Bonchev–Trinajstić information content (AvgIpc) is 2.42. The highest BCUT2D eigenvalue weighted by Crippen LogP contribution is 2.13. The Morgan fingerprint density at radius 3 is 2.78 bits per heavy atom. The van der Waals surface area contributed by atoms with Crippen LogP contribution in [0.1, 0.15) is 45.6 Å². The molecule has 1 aromatic rings. The zero-order chi connectivity index (χ0) is 13.4. The number of aromatic nitrogens is 1. The van der Waals surface area contributed by atoms with Crippen LogP contribution in [0.3, 0.4) is 0 Å². The molecule has 0 radical (unpaired) electrons. The molecule has 3 heteroatoms. The predicted octanol–water partition coefficient (Wildman–Crippen LogP) is 3.52. The van der Waals surface area contributed by atoms with E-state index < -0.39 is 0 Å². The van der Waals surface area contributed by atoms with Crippen molar-refractivity contribution in [1.29, 1.82) is 0 Å². The van der Waals surface area contributed by atoms with E-state index >= 15 is 0 Å². The summed E-state index contributed by atoms with van der Waals surface area (Å²) in [5.41, 5.74) is 1.34. The van der Waals surface area contributed by atoms with Crippen molar-refractivity contribution in [2.75, 3.05) is 18.9 Å². The van der Waals surface area contributed by atoms with Gasteiger partial charge < -0.3 is 5.32 Å². The van der Waals surface area contributed by atoms with Crippen molar-refractivity contribution < 1.29 is 0 Å².